The Hall–Kier alpha value is -2.30. The second-order valence-electron chi connectivity index (χ2n) is 3.92. The molecule has 2 heterocycles. The number of hydrogen-bond acceptors (Lipinski definition) is 4. The minimum atomic E-state index is -0.438. The number of amidine groups is 1. The number of nitrogens with one attached hydrogen (secondary N) is 1. The second-order valence-corrected chi connectivity index (χ2v) is 3.92. The number of fused-ring (bicyclic) bond motifs is 3. The number of hydrogen-bond donors (Lipinski definition) is 1. The van der Waals surface area contributed by atoms with Crippen molar-refractivity contribution in [1.82, 2.24) is 0 Å². The summed E-state index contributed by atoms with van der Waals surface area (Å²) in [5.74, 6) is 1.18. The van der Waals surface area contributed by atoms with Crippen molar-refractivity contribution in [2.45, 2.75) is 6.92 Å². The van der Waals surface area contributed by atoms with Crippen molar-refractivity contribution in [3.63, 3.8) is 0 Å². The summed E-state index contributed by atoms with van der Waals surface area (Å²) in [6, 6.07) is 7.30. The zero-order valence-electron chi connectivity index (χ0n) is 9.90. The lowest BCUT2D eigenvalue weighted by molar-refractivity contribution is 0.371. The van der Waals surface area contributed by atoms with Crippen LogP contribution < -0.4 is 15.7 Å². The van der Waals surface area contributed by atoms with Crippen molar-refractivity contribution in [2.24, 2.45) is 4.99 Å². The molecule has 1 N–H and O–H groups in total. The van der Waals surface area contributed by atoms with Crippen molar-refractivity contribution in [2.75, 3.05) is 18.5 Å². The Labute approximate surface area is 103 Å². The molecule has 0 bridgehead atoms. The molecule has 0 spiro atoms. The number of aliphatic imine (C=N–C) groups is 1. The van der Waals surface area contributed by atoms with E-state index in [1.165, 1.54) is 0 Å². The van der Waals surface area contributed by atoms with Gasteiger partial charge in [0.15, 0.2) is 11.4 Å². The molecular weight excluding hydrogens is 232 g/mol. The lowest BCUT2D eigenvalue weighted by Crippen LogP contribution is -2.30. The first-order valence-electron chi connectivity index (χ1n) is 5.78. The lowest BCUT2D eigenvalue weighted by Gasteiger charge is -2.20. The van der Waals surface area contributed by atoms with E-state index in [2.05, 4.69) is 10.3 Å². The topological polar surface area (TPSA) is 63.8 Å². The molecule has 92 valence electrons. The zero-order valence-corrected chi connectivity index (χ0v) is 9.90. The van der Waals surface area contributed by atoms with Crippen LogP contribution in [0.1, 0.15) is 6.92 Å². The fraction of sp³-hybridized carbons (Fsp3) is 0.231. The van der Waals surface area contributed by atoms with Crippen LogP contribution in [0, 0.1) is 0 Å². The molecule has 3 rings (SSSR count). The summed E-state index contributed by atoms with van der Waals surface area (Å²) in [7, 11) is 0. The highest BCUT2D eigenvalue weighted by Crippen LogP contribution is 2.32. The fourth-order valence-electron chi connectivity index (χ4n) is 1.98. The van der Waals surface area contributed by atoms with Crippen LogP contribution in [0.2, 0.25) is 0 Å². The molecule has 0 radical (unpaired) electrons. The minimum absolute atomic E-state index is 0.326. The van der Waals surface area contributed by atoms with E-state index in [1.54, 1.807) is 6.07 Å². The van der Waals surface area contributed by atoms with E-state index in [1.807, 2.05) is 25.1 Å². The Morgan fingerprint density at radius 3 is 3.06 bits per heavy atom. The third kappa shape index (κ3) is 1.64. The van der Waals surface area contributed by atoms with Gasteiger partial charge in [-0.25, -0.2) is 4.79 Å². The average molecular weight is 244 g/mol. The Morgan fingerprint density at radius 1 is 1.39 bits per heavy atom. The number of benzene rings is 1. The van der Waals surface area contributed by atoms with Crippen LogP contribution in [-0.2, 0) is 0 Å². The monoisotopic (exact) mass is 244 g/mol. The van der Waals surface area contributed by atoms with Gasteiger partial charge in [0.25, 0.3) is 0 Å². The van der Waals surface area contributed by atoms with Crippen LogP contribution in [0.15, 0.2) is 38.5 Å². The van der Waals surface area contributed by atoms with E-state index in [0.717, 1.165) is 5.39 Å². The van der Waals surface area contributed by atoms with Crippen molar-refractivity contribution in [1.29, 1.82) is 0 Å². The van der Waals surface area contributed by atoms with E-state index >= 15 is 0 Å². The van der Waals surface area contributed by atoms with E-state index in [9.17, 15) is 4.79 Å². The summed E-state index contributed by atoms with van der Waals surface area (Å²) in [4.78, 5) is 16.1. The predicted octanol–water partition coefficient (Wildman–Crippen LogP) is 2.02. The standard InChI is InChI=1S/C13H12N2O3/c1-2-14-10-7-17-12-8-5-3-4-6-9(8)18-13(16)11(12)15-10/h3-6H,2,7H2,1H3,(H,14,15). The van der Waals surface area contributed by atoms with Crippen LogP contribution in [0.25, 0.3) is 11.0 Å². The van der Waals surface area contributed by atoms with E-state index in [-0.39, 0.29) is 0 Å². The number of para-hydroxylation sites is 1. The van der Waals surface area contributed by atoms with Gasteiger partial charge in [-0.3, -0.25) is 4.99 Å². The van der Waals surface area contributed by atoms with Crippen LogP contribution in [0.3, 0.4) is 0 Å². The first kappa shape index (κ1) is 10.8. The molecule has 1 aliphatic heterocycles. The van der Waals surface area contributed by atoms with Crippen LogP contribution in [-0.4, -0.2) is 19.0 Å². The smallest absolute Gasteiger partial charge is 0.364 e. The maximum absolute atomic E-state index is 11.9. The normalized spacial score (nSPS) is 16.2. The Morgan fingerprint density at radius 2 is 2.22 bits per heavy atom. The quantitative estimate of drug-likeness (QED) is 0.779. The molecule has 18 heavy (non-hydrogen) atoms. The fourth-order valence-corrected chi connectivity index (χ4v) is 1.98. The van der Waals surface area contributed by atoms with Gasteiger partial charge in [-0.2, -0.15) is 0 Å². The highest BCUT2D eigenvalue weighted by molar-refractivity contribution is 6.02. The van der Waals surface area contributed by atoms with Gasteiger partial charge in [0.2, 0.25) is 0 Å². The van der Waals surface area contributed by atoms with E-state index in [0.29, 0.717) is 36.0 Å². The Bertz CT molecular complexity index is 688. The van der Waals surface area contributed by atoms with Crippen molar-refractivity contribution < 1.29 is 9.15 Å². The molecule has 5 nitrogen and oxygen atoms in total. The lowest BCUT2D eigenvalue weighted by atomic mass is 10.2. The van der Waals surface area contributed by atoms with Crippen LogP contribution >= 0.6 is 0 Å². The summed E-state index contributed by atoms with van der Waals surface area (Å²) >= 11 is 0. The molecular formula is C13H12N2O3. The SMILES string of the molecule is CCN=C1COc2c(c(=O)oc3ccccc23)N1. The molecule has 0 amide bonds. The van der Waals surface area contributed by atoms with Crippen LogP contribution in [0.5, 0.6) is 5.75 Å². The van der Waals surface area contributed by atoms with Gasteiger partial charge in [0.05, 0.1) is 5.39 Å². The van der Waals surface area contributed by atoms with Gasteiger partial charge in [0.1, 0.15) is 18.0 Å². The average Bonchev–Trinajstić information content (AvgIpc) is 2.40. The summed E-state index contributed by atoms with van der Waals surface area (Å²) in [6.07, 6.45) is 0. The zero-order chi connectivity index (χ0) is 12.5. The molecule has 1 aromatic heterocycles. The molecule has 0 atom stereocenters. The highest BCUT2D eigenvalue weighted by atomic mass is 16.5. The Kier molecular flexibility index (Phi) is 2.51. The number of ether oxygens (including phenoxy) is 1. The largest absolute Gasteiger partial charge is 0.482 e. The third-order valence-corrected chi connectivity index (χ3v) is 2.74. The summed E-state index contributed by atoms with van der Waals surface area (Å²) in [5, 5.41) is 3.76. The van der Waals surface area contributed by atoms with Gasteiger partial charge < -0.3 is 14.5 Å². The molecule has 0 fully saturated rings. The van der Waals surface area contributed by atoms with E-state index < -0.39 is 5.63 Å². The molecule has 0 unspecified atom stereocenters. The highest BCUT2D eigenvalue weighted by Gasteiger charge is 2.21. The third-order valence-electron chi connectivity index (χ3n) is 2.74. The summed E-state index contributed by atoms with van der Waals surface area (Å²) < 4.78 is 10.9. The van der Waals surface area contributed by atoms with Gasteiger partial charge in [-0.05, 0) is 19.1 Å². The molecule has 1 aromatic carbocycles. The molecule has 0 saturated carbocycles. The minimum Gasteiger partial charge on any atom is -0.482 e. The van der Waals surface area contributed by atoms with Crippen LogP contribution in [0.4, 0.5) is 5.69 Å². The summed E-state index contributed by atoms with van der Waals surface area (Å²) in [6.45, 7) is 2.90. The van der Waals surface area contributed by atoms with E-state index in [4.69, 9.17) is 9.15 Å². The number of rotatable bonds is 1. The maximum atomic E-state index is 11.9. The first-order valence-corrected chi connectivity index (χ1v) is 5.78. The summed E-state index contributed by atoms with van der Waals surface area (Å²) in [5.41, 5.74) is 0.415. The molecule has 1 aliphatic rings. The molecule has 2 aromatic rings. The van der Waals surface area contributed by atoms with Crippen molar-refractivity contribution in [3.05, 3.63) is 34.7 Å². The maximum Gasteiger partial charge on any atom is 0.364 e. The first-order chi connectivity index (χ1) is 8.79. The van der Waals surface area contributed by atoms with Crippen molar-refractivity contribution >= 4 is 22.5 Å². The van der Waals surface area contributed by atoms with Gasteiger partial charge in [-0.15, -0.1) is 0 Å². The van der Waals surface area contributed by atoms with Gasteiger partial charge >= 0.3 is 5.63 Å². The van der Waals surface area contributed by atoms with Gasteiger partial charge in [0, 0.05) is 6.54 Å². The molecule has 0 saturated heterocycles. The molecule has 5 heteroatoms. The predicted molar refractivity (Wildman–Crippen MR) is 69.6 cm³/mol. The van der Waals surface area contributed by atoms with Gasteiger partial charge in [-0.1, -0.05) is 12.1 Å². The molecule has 0 aliphatic carbocycles. The number of anilines is 1. The number of nitrogens with zero attached hydrogens (tertiary/aromatic N) is 1. The van der Waals surface area contributed by atoms with Crippen molar-refractivity contribution in [3.8, 4) is 5.75 Å². The second kappa shape index (κ2) is 4.18. The Balaban J connectivity index is 2.22.